The molecule has 2 saturated heterocycles. The van der Waals surface area contributed by atoms with Crippen molar-refractivity contribution >= 4 is 11.6 Å². The third kappa shape index (κ3) is 4.91. The van der Waals surface area contributed by atoms with Gasteiger partial charge >= 0.3 is 0 Å². The summed E-state index contributed by atoms with van der Waals surface area (Å²) >= 11 is 0. The van der Waals surface area contributed by atoms with Crippen LogP contribution in [0.15, 0.2) is 54.6 Å². The highest BCUT2D eigenvalue weighted by molar-refractivity contribution is 5.94. The summed E-state index contributed by atoms with van der Waals surface area (Å²) < 4.78 is 5.55. The molecule has 0 bridgehead atoms. The molecule has 5 heteroatoms. The molecule has 2 fully saturated rings. The number of amides is 1. The minimum atomic E-state index is -0.0153. The molecule has 0 spiro atoms. The zero-order valence-corrected chi connectivity index (χ0v) is 16.3. The highest BCUT2D eigenvalue weighted by atomic mass is 16.5. The molecule has 28 heavy (non-hydrogen) atoms. The Hall–Kier alpha value is -2.37. The number of nitrogens with one attached hydrogen (secondary N) is 1. The fraction of sp³-hybridized carbons (Fsp3) is 0.435. The molecular weight excluding hydrogens is 350 g/mol. The lowest BCUT2D eigenvalue weighted by atomic mass is 10.1. The molecular formula is C23H29N3O2. The van der Waals surface area contributed by atoms with Crippen molar-refractivity contribution in [3.8, 4) is 0 Å². The zero-order valence-electron chi connectivity index (χ0n) is 16.3. The Morgan fingerprint density at radius 2 is 1.75 bits per heavy atom. The van der Waals surface area contributed by atoms with Crippen LogP contribution >= 0.6 is 0 Å². The van der Waals surface area contributed by atoms with Gasteiger partial charge in [0.05, 0.1) is 6.10 Å². The molecule has 2 aliphatic heterocycles. The van der Waals surface area contributed by atoms with Gasteiger partial charge in [0.2, 0.25) is 0 Å². The van der Waals surface area contributed by atoms with E-state index < -0.39 is 0 Å². The number of carbonyl (C=O) groups is 1. The SMILES string of the molecule is O=C(NC[C@@H]1CCCO1)c1ccc(CN2CCN(c3ccccc3)CC2)cc1. The Morgan fingerprint density at radius 1 is 1.00 bits per heavy atom. The van der Waals surface area contributed by atoms with Gasteiger partial charge in [0.25, 0.3) is 5.91 Å². The predicted molar refractivity (Wildman–Crippen MR) is 112 cm³/mol. The Morgan fingerprint density at radius 3 is 2.43 bits per heavy atom. The normalized spacial score (nSPS) is 20.3. The summed E-state index contributed by atoms with van der Waals surface area (Å²) in [5, 5.41) is 2.98. The van der Waals surface area contributed by atoms with Crippen molar-refractivity contribution in [1.82, 2.24) is 10.2 Å². The van der Waals surface area contributed by atoms with Crippen molar-refractivity contribution in [2.75, 3.05) is 44.2 Å². The summed E-state index contributed by atoms with van der Waals surface area (Å²) in [6.45, 7) is 6.56. The summed E-state index contributed by atoms with van der Waals surface area (Å²) in [6.07, 6.45) is 2.31. The van der Waals surface area contributed by atoms with E-state index in [-0.39, 0.29) is 12.0 Å². The summed E-state index contributed by atoms with van der Waals surface area (Å²) in [6, 6.07) is 18.6. The maximum Gasteiger partial charge on any atom is 0.251 e. The Labute approximate surface area is 167 Å². The average molecular weight is 380 g/mol. The fourth-order valence-electron chi connectivity index (χ4n) is 3.94. The first-order valence-electron chi connectivity index (χ1n) is 10.3. The number of ether oxygens (including phenoxy) is 1. The van der Waals surface area contributed by atoms with E-state index in [1.807, 2.05) is 12.1 Å². The van der Waals surface area contributed by atoms with Crippen molar-refractivity contribution < 1.29 is 9.53 Å². The van der Waals surface area contributed by atoms with E-state index in [2.05, 4.69) is 57.6 Å². The molecule has 1 N–H and O–H groups in total. The van der Waals surface area contributed by atoms with E-state index in [1.165, 1.54) is 11.3 Å². The number of carbonyl (C=O) groups excluding carboxylic acids is 1. The molecule has 2 aromatic carbocycles. The number of piperazine rings is 1. The molecule has 5 nitrogen and oxygen atoms in total. The van der Waals surface area contributed by atoms with Crippen LogP contribution in [-0.4, -0.2) is 56.2 Å². The van der Waals surface area contributed by atoms with Crippen LogP contribution in [0.1, 0.15) is 28.8 Å². The predicted octanol–water partition coefficient (Wildman–Crippen LogP) is 2.92. The van der Waals surface area contributed by atoms with E-state index in [9.17, 15) is 4.79 Å². The molecule has 148 valence electrons. The summed E-state index contributed by atoms with van der Waals surface area (Å²) in [5.74, 6) is -0.0153. The Kier molecular flexibility index (Phi) is 6.24. The Balaban J connectivity index is 1.24. The number of anilines is 1. The molecule has 4 rings (SSSR count). The first-order valence-corrected chi connectivity index (χ1v) is 10.3. The molecule has 2 aromatic rings. The molecule has 2 aliphatic rings. The van der Waals surface area contributed by atoms with Gasteiger partial charge in [-0.2, -0.15) is 0 Å². The monoisotopic (exact) mass is 379 g/mol. The summed E-state index contributed by atoms with van der Waals surface area (Å²) in [5.41, 5.74) is 3.28. The van der Waals surface area contributed by atoms with E-state index in [0.29, 0.717) is 6.54 Å². The third-order valence-electron chi connectivity index (χ3n) is 5.63. The van der Waals surface area contributed by atoms with Gasteiger partial charge in [-0.25, -0.2) is 0 Å². The molecule has 0 saturated carbocycles. The van der Waals surface area contributed by atoms with Crippen LogP contribution in [0.5, 0.6) is 0 Å². The number of nitrogens with zero attached hydrogens (tertiary/aromatic N) is 2. The van der Waals surface area contributed by atoms with Crippen LogP contribution < -0.4 is 10.2 Å². The van der Waals surface area contributed by atoms with Gasteiger partial charge in [-0.3, -0.25) is 9.69 Å². The van der Waals surface area contributed by atoms with E-state index in [0.717, 1.165) is 57.7 Å². The van der Waals surface area contributed by atoms with E-state index in [1.54, 1.807) is 0 Å². The van der Waals surface area contributed by atoms with Crippen molar-refractivity contribution in [3.63, 3.8) is 0 Å². The second kappa shape index (κ2) is 9.22. The van der Waals surface area contributed by atoms with Crippen LogP contribution in [-0.2, 0) is 11.3 Å². The number of para-hydroxylation sites is 1. The smallest absolute Gasteiger partial charge is 0.251 e. The largest absolute Gasteiger partial charge is 0.376 e. The second-order valence-corrected chi connectivity index (χ2v) is 7.64. The van der Waals surface area contributed by atoms with Crippen LogP contribution in [0.2, 0.25) is 0 Å². The maximum absolute atomic E-state index is 12.3. The van der Waals surface area contributed by atoms with Gasteiger partial charge in [-0.1, -0.05) is 30.3 Å². The molecule has 0 radical (unpaired) electrons. The molecule has 0 unspecified atom stereocenters. The lowest BCUT2D eigenvalue weighted by molar-refractivity contribution is 0.0858. The topological polar surface area (TPSA) is 44.8 Å². The zero-order chi connectivity index (χ0) is 19.2. The van der Waals surface area contributed by atoms with Gasteiger partial charge in [0, 0.05) is 57.1 Å². The van der Waals surface area contributed by atoms with Gasteiger partial charge in [0.15, 0.2) is 0 Å². The number of benzene rings is 2. The number of hydrogen-bond acceptors (Lipinski definition) is 4. The highest BCUT2D eigenvalue weighted by Gasteiger charge is 2.18. The van der Waals surface area contributed by atoms with Crippen molar-refractivity contribution in [2.45, 2.75) is 25.5 Å². The fourth-order valence-corrected chi connectivity index (χ4v) is 3.94. The van der Waals surface area contributed by atoms with Crippen molar-refractivity contribution in [3.05, 3.63) is 65.7 Å². The first-order chi connectivity index (χ1) is 13.8. The minimum absolute atomic E-state index is 0.0153. The van der Waals surface area contributed by atoms with Crippen molar-refractivity contribution in [1.29, 1.82) is 0 Å². The standard InChI is InChI=1S/C23H29N3O2/c27-23(24-17-22-7-4-16-28-22)20-10-8-19(9-11-20)18-25-12-14-26(15-13-25)21-5-2-1-3-6-21/h1-3,5-6,8-11,22H,4,7,12-18H2,(H,24,27)/t22-/m0/s1. The van der Waals surface area contributed by atoms with Crippen LogP contribution in [0.3, 0.4) is 0 Å². The van der Waals surface area contributed by atoms with Crippen molar-refractivity contribution in [2.24, 2.45) is 0 Å². The van der Waals surface area contributed by atoms with Gasteiger partial charge in [0.1, 0.15) is 0 Å². The maximum atomic E-state index is 12.3. The Bertz CT molecular complexity index is 749. The van der Waals surface area contributed by atoms with Gasteiger partial charge in [-0.05, 0) is 42.7 Å². The van der Waals surface area contributed by atoms with Gasteiger partial charge in [-0.15, -0.1) is 0 Å². The van der Waals surface area contributed by atoms with Gasteiger partial charge < -0.3 is 15.0 Å². The van der Waals surface area contributed by atoms with E-state index >= 15 is 0 Å². The summed E-state index contributed by atoms with van der Waals surface area (Å²) in [4.78, 5) is 17.2. The lowest BCUT2D eigenvalue weighted by Gasteiger charge is -2.36. The summed E-state index contributed by atoms with van der Waals surface area (Å²) in [7, 11) is 0. The lowest BCUT2D eigenvalue weighted by Crippen LogP contribution is -2.45. The van der Waals surface area contributed by atoms with Crippen LogP contribution in [0.25, 0.3) is 0 Å². The molecule has 1 atom stereocenters. The average Bonchev–Trinajstić information content (AvgIpc) is 3.27. The minimum Gasteiger partial charge on any atom is -0.376 e. The number of hydrogen-bond donors (Lipinski definition) is 1. The van der Waals surface area contributed by atoms with Crippen LogP contribution in [0, 0.1) is 0 Å². The van der Waals surface area contributed by atoms with E-state index in [4.69, 9.17) is 4.74 Å². The first kappa shape index (κ1) is 19.0. The van der Waals surface area contributed by atoms with Crippen LogP contribution in [0.4, 0.5) is 5.69 Å². The molecule has 2 heterocycles. The second-order valence-electron chi connectivity index (χ2n) is 7.64. The molecule has 1 amide bonds. The highest BCUT2D eigenvalue weighted by Crippen LogP contribution is 2.17. The quantitative estimate of drug-likeness (QED) is 0.838. The number of rotatable bonds is 6. The third-order valence-corrected chi connectivity index (χ3v) is 5.63. The molecule has 0 aliphatic carbocycles. The molecule has 0 aromatic heterocycles.